The molecule has 0 heterocycles. The second-order valence-electron chi connectivity index (χ2n) is 3.72. The molecule has 1 N–H and O–H groups in total. The summed E-state index contributed by atoms with van der Waals surface area (Å²) in [6.45, 7) is 5.36. The summed E-state index contributed by atoms with van der Waals surface area (Å²) < 4.78 is 2.29. The van der Waals surface area contributed by atoms with Gasteiger partial charge in [-0.3, -0.25) is 0 Å². The molecule has 0 aromatic heterocycles. The van der Waals surface area contributed by atoms with Crippen LogP contribution in [0.4, 0.5) is 5.69 Å². The van der Waals surface area contributed by atoms with Crippen molar-refractivity contribution in [3.8, 4) is 0 Å². The molecule has 1 nitrogen and oxygen atoms in total. The Labute approximate surface area is 109 Å². The smallest absolute Gasteiger partial charge is 0.0496 e. The third-order valence-electron chi connectivity index (χ3n) is 2.34. The molecule has 0 radical (unpaired) electrons. The van der Waals surface area contributed by atoms with E-state index in [0.717, 1.165) is 15.5 Å². The average molecular weight is 335 g/mol. The van der Waals surface area contributed by atoms with E-state index in [1.807, 2.05) is 0 Å². The number of rotatable bonds is 5. The predicted molar refractivity (Wildman–Crippen MR) is 74.6 cm³/mol. The van der Waals surface area contributed by atoms with Gasteiger partial charge in [0, 0.05) is 21.2 Å². The Kier molecular flexibility index (Phi) is 5.69. The van der Waals surface area contributed by atoms with Gasteiger partial charge in [-0.1, -0.05) is 35.7 Å². The fourth-order valence-electron chi connectivity index (χ4n) is 1.38. The van der Waals surface area contributed by atoms with Crippen molar-refractivity contribution in [1.82, 2.24) is 0 Å². The van der Waals surface area contributed by atoms with E-state index >= 15 is 0 Å². The quantitative estimate of drug-likeness (QED) is 0.737. The molecule has 0 saturated heterocycles. The molecule has 0 aliphatic carbocycles. The second-order valence-corrected chi connectivity index (χ2v) is 5.42. The van der Waals surface area contributed by atoms with Crippen LogP contribution in [0.5, 0.6) is 0 Å². The van der Waals surface area contributed by atoms with E-state index in [1.165, 1.54) is 30.5 Å². The SMILES string of the molecule is CCCCCNc1cc(Br)c(C)cc1Br. The summed E-state index contributed by atoms with van der Waals surface area (Å²) in [6, 6.07) is 4.26. The highest BCUT2D eigenvalue weighted by Gasteiger charge is 2.02. The number of anilines is 1. The van der Waals surface area contributed by atoms with Gasteiger partial charge in [0.2, 0.25) is 0 Å². The highest BCUT2D eigenvalue weighted by Crippen LogP contribution is 2.29. The molecule has 1 aromatic rings. The average Bonchev–Trinajstić information content (AvgIpc) is 2.20. The molecule has 0 amide bonds. The number of nitrogens with one attached hydrogen (secondary N) is 1. The molecule has 0 aliphatic rings. The van der Waals surface area contributed by atoms with Crippen molar-refractivity contribution < 1.29 is 0 Å². The van der Waals surface area contributed by atoms with Gasteiger partial charge in [0.1, 0.15) is 0 Å². The van der Waals surface area contributed by atoms with E-state index in [2.05, 4.69) is 63.2 Å². The first-order valence-electron chi connectivity index (χ1n) is 5.34. The minimum absolute atomic E-state index is 1.04. The maximum Gasteiger partial charge on any atom is 0.0496 e. The predicted octanol–water partition coefficient (Wildman–Crippen LogP) is 5.12. The largest absolute Gasteiger partial charge is 0.384 e. The Morgan fingerprint density at radius 1 is 1.13 bits per heavy atom. The molecule has 84 valence electrons. The van der Waals surface area contributed by atoms with E-state index in [4.69, 9.17) is 0 Å². The van der Waals surface area contributed by atoms with Crippen LogP contribution in [0.25, 0.3) is 0 Å². The third kappa shape index (κ3) is 4.15. The van der Waals surface area contributed by atoms with Gasteiger partial charge in [-0.25, -0.2) is 0 Å². The molecule has 1 rings (SSSR count). The van der Waals surface area contributed by atoms with Crippen molar-refractivity contribution in [2.24, 2.45) is 0 Å². The summed E-state index contributed by atoms with van der Waals surface area (Å²) >= 11 is 7.11. The lowest BCUT2D eigenvalue weighted by molar-refractivity contribution is 0.743. The summed E-state index contributed by atoms with van der Waals surface area (Å²) in [7, 11) is 0. The highest BCUT2D eigenvalue weighted by atomic mass is 79.9. The minimum Gasteiger partial charge on any atom is -0.384 e. The number of hydrogen-bond donors (Lipinski definition) is 1. The topological polar surface area (TPSA) is 12.0 Å². The van der Waals surface area contributed by atoms with Crippen molar-refractivity contribution in [2.75, 3.05) is 11.9 Å². The van der Waals surface area contributed by atoms with Crippen molar-refractivity contribution in [3.05, 3.63) is 26.6 Å². The Morgan fingerprint density at radius 2 is 1.87 bits per heavy atom. The van der Waals surface area contributed by atoms with Crippen LogP contribution in [0.2, 0.25) is 0 Å². The van der Waals surface area contributed by atoms with Gasteiger partial charge in [-0.2, -0.15) is 0 Å². The van der Waals surface area contributed by atoms with Gasteiger partial charge in [0.15, 0.2) is 0 Å². The maximum absolute atomic E-state index is 3.57. The maximum atomic E-state index is 3.57. The Balaban J connectivity index is 2.57. The van der Waals surface area contributed by atoms with Crippen LogP contribution in [0.15, 0.2) is 21.1 Å². The van der Waals surface area contributed by atoms with E-state index in [-0.39, 0.29) is 0 Å². The molecule has 0 unspecified atom stereocenters. The van der Waals surface area contributed by atoms with Gasteiger partial charge in [0.05, 0.1) is 0 Å². The Bertz CT molecular complexity index is 324. The van der Waals surface area contributed by atoms with Crippen molar-refractivity contribution in [1.29, 1.82) is 0 Å². The highest BCUT2D eigenvalue weighted by molar-refractivity contribution is 9.11. The molecule has 0 fully saturated rings. The molecule has 0 aliphatic heterocycles. The number of aryl methyl sites for hydroxylation is 1. The van der Waals surface area contributed by atoms with Crippen LogP contribution in [0.3, 0.4) is 0 Å². The van der Waals surface area contributed by atoms with E-state index < -0.39 is 0 Å². The second kappa shape index (κ2) is 6.54. The fourth-order valence-corrected chi connectivity index (χ4v) is 2.32. The van der Waals surface area contributed by atoms with Gasteiger partial charge in [0.25, 0.3) is 0 Å². The number of unbranched alkanes of at least 4 members (excludes halogenated alkanes) is 2. The summed E-state index contributed by atoms with van der Waals surface area (Å²) in [5.41, 5.74) is 2.42. The zero-order chi connectivity index (χ0) is 11.3. The van der Waals surface area contributed by atoms with Crippen LogP contribution < -0.4 is 5.32 Å². The molecule has 0 bridgehead atoms. The van der Waals surface area contributed by atoms with Crippen LogP contribution in [0.1, 0.15) is 31.7 Å². The monoisotopic (exact) mass is 333 g/mol. The van der Waals surface area contributed by atoms with E-state index in [9.17, 15) is 0 Å². The number of hydrogen-bond acceptors (Lipinski definition) is 1. The van der Waals surface area contributed by atoms with E-state index in [0.29, 0.717) is 0 Å². The normalized spacial score (nSPS) is 10.4. The zero-order valence-electron chi connectivity index (χ0n) is 9.24. The van der Waals surface area contributed by atoms with Crippen molar-refractivity contribution in [2.45, 2.75) is 33.1 Å². The van der Waals surface area contributed by atoms with Gasteiger partial charge in [-0.15, -0.1) is 0 Å². The number of benzene rings is 1. The van der Waals surface area contributed by atoms with Gasteiger partial charge < -0.3 is 5.32 Å². The summed E-state index contributed by atoms with van der Waals surface area (Å²) in [5, 5.41) is 3.44. The minimum atomic E-state index is 1.04. The lowest BCUT2D eigenvalue weighted by atomic mass is 10.2. The summed E-state index contributed by atoms with van der Waals surface area (Å²) in [6.07, 6.45) is 3.78. The molecular weight excluding hydrogens is 318 g/mol. The molecule has 0 atom stereocenters. The van der Waals surface area contributed by atoms with Crippen LogP contribution in [-0.4, -0.2) is 6.54 Å². The third-order valence-corrected chi connectivity index (χ3v) is 3.85. The lowest BCUT2D eigenvalue weighted by Crippen LogP contribution is -2.02. The first kappa shape index (κ1) is 13.0. The zero-order valence-corrected chi connectivity index (χ0v) is 12.4. The van der Waals surface area contributed by atoms with Crippen molar-refractivity contribution in [3.63, 3.8) is 0 Å². The molecule has 15 heavy (non-hydrogen) atoms. The molecule has 3 heteroatoms. The van der Waals surface area contributed by atoms with Crippen LogP contribution in [-0.2, 0) is 0 Å². The molecule has 0 saturated carbocycles. The summed E-state index contributed by atoms with van der Waals surface area (Å²) in [4.78, 5) is 0. The lowest BCUT2D eigenvalue weighted by Gasteiger charge is -2.10. The Hall–Kier alpha value is -0.0200. The first-order chi connectivity index (χ1) is 7.15. The Morgan fingerprint density at radius 3 is 2.53 bits per heavy atom. The van der Waals surface area contributed by atoms with E-state index in [1.54, 1.807) is 0 Å². The summed E-state index contributed by atoms with van der Waals surface area (Å²) in [5.74, 6) is 0. The standard InChI is InChI=1S/C12H17Br2N/c1-3-4-5-6-15-12-8-10(13)9(2)7-11(12)14/h7-8,15H,3-6H2,1-2H3. The first-order valence-corrected chi connectivity index (χ1v) is 6.93. The van der Waals surface area contributed by atoms with Gasteiger partial charge >= 0.3 is 0 Å². The van der Waals surface area contributed by atoms with Gasteiger partial charge in [-0.05, 0) is 47.0 Å². The van der Waals surface area contributed by atoms with Crippen LogP contribution >= 0.6 is 31.9 Å². The van der Waals surface area contributed by atoms with Crippen LogP contribution in [0, 0.1) is 6.92 Å². The number of halogens is 2. The molecular formula is C12H17Br2N. The fraction of sp³-hybridized carbons (Fsp3) is 0.500. The molecule has 1 aromatic carbocycles. The van der Waals surface area contributed by atoms with Crippen molar-refractivity contribution >= 4 is 37.5 Å². The molecule has 0 spiro atoms.